The monoisotopic (exact) mass is 299 g/mol. The first-order chi connectivity index (χ1) is 10.2. The van der Waals surface area contributed by atoms with Gasteiger partial charge in [0.25, 0.3) is 5.91 Å². The highest BCUT2D eigenvalue weighted by atomic mass is 35.5. The van der Waals surface area contributed by atoms with Gasteiger partial charge < -0.3 is 10.6 Å². The average molecular weight is 300 g/mol. The van der Waals surface area contributed by atoms with E-state index in [4.69, 9.17) is 11.6 Å². The number of hydrogen-bond acceptors (Lipinski definition) is 3. The molecule has 21 heavy (non-hydrogen) atoms. The number of rotatable bonds is 3. The molecule has 1 aromatic carbocycles. The van der Waals surface area contributed by atoms with Crippen LogP contribution in [0.15, 0.2) is 54.2 Å². The van der Waals surface area contributed by atoms with Crippen molar-refractivity contribution in [3.05, 3.63) is 65.0 Å². The fourth-order valence-corrected chi connectivity index (χ4v) is 2.20. The number of amides is 1. The van der Waals surface area contributed by atoms with Crippen LogP contribution in [0.4, 0.5) is 0 Å². The van der Waals surface area contributed by atoms with Crippen LogP contribution >= 0.6 is 11.6 Å². The first-order valence-corrected chi connectivity index (χ1v) is 7.03. The number of benzene rings is 1. The van der Waals surface area contributed by atoms with Gasteiger partial charge in [0.05, 0.1) is 11.3 Å². The van der Waals surface area contributed by atoms with Gasteiger partial charge in [0, 0.05) is 24.9 Å². The number of hydrogen-bond donors (Lipinski definition) is 2. The van der Waals surface area contributed by atoms with Crippen molar-refractivity contribution in [2.24, 2.45) is 0 Å². The van der Waals surface area contributed by atoms with Crippen LogP contribution in [-0.2, 0) is 0 Å². The van der Waals surface area contributed by atoms with Crippen molar-refractivity contribution in [3.8, 4) is 11.3 Å². The van der Waals surface area contributed by atoms with Crippen LogP contribution in [0.3, 0.4) is 0 Å². The van der Waals surface area contributed by atoms with Gasteiger partial charge in [0.15, 0.2) is 0 Å². The second-order valence-corrected chi connectivity index (χ2v) is 5.16. The fourth-order valence-electron chi connectivity index (χ4n) is 2.05. The number of nitrogens with one attached hydrogen (secondary N) is 2. The lowest BCUT2D eigenvalue weighted by molar-refractivity contribution is 0.0970. The van der Waals surface area contributed by atoms with Crippen LogP contribution < -0.4 is 10.6 Å². The molecule has 2 N–H and O–H groups in total. The van der Waals surface area contributed by atoms with Gasteiger partial charge in [-0.2, -0.15) is 0 Å². The normalized spacial score (nSPS) is 13.5. The predicted molar refractivity (Wildman–Crippen MR) is 83.1 cm³/mol. The Morgan fingerprint density at radius 2 is 1.95 bits per heavy atom. The highest BCUT2D eigenvalue weighted by Crippen LogP contribution is 2.23. The number of carbonyl (C=O) groups excluding carboxylic acids is 1. The van der Waals surface area contributed by atoms with Crippen LogP contribution in [0.5, 0.6) is 0 Å². The molecule has 1 saturated heterocycles. The van der Waals surface area contributed by atoms with E-state index in [0.29, 0.717) is 16.4 Å². The lowest BCUT2D eigenvalue weighted by atomic mass is 10.1. The van der Waals surface area contributed by atoms with Gasteiger partial charge >= 0.3 is 0 Å². The zero-order valence-electron chi connectivity index (χ0n) is 11.3. The zero-order valence-corrected chi connectivity index (χ0v) is 12.0. The Balaban J connectivity index is 1.92. The summed E-state index contributed by atoms with van der Waals surface area (Å²) in [5.74, 6) is -0.183. The van der Waals surface area contributed by atoms with Crippen LogP contribution in [0.25, 0.3) is 11.3 Å². The van der Waals surface area contributed by atoms with Crippen molar-refractivity contribution in [2.45, 2.75) is 0 Å². The lowest BCUT2D eigenvalue weighted by Gasteiger charge is -2.18. The number of nitrogens with zero attached hydrogens (tertiary/aromatic N) is 1. The SMILES string of the molecule is O=C(NC=C1CNC1)c1ccc(Cl)nc1-c1ccccc1. The molecule has 5 heteroatoms. The molecule has 0 unspecified atom stereocenters. The quantitative estimate of drug-likeness (QED) is 0.857. The zero-order chi connectivity index (χ0) is 14.7. The maximum atomic E-state index is 12.3. The number of carbonyl (C=O) groups is 1. The second kappa shape index (κ2) is 6.08. The van der Waals surface area contributed by atoms with E-state index in [1.807, 2.05) is 30.3 Å². The Kier molecular flexibility index (Phi) is 3.99. The minimum Gasteiger partial charge on any atom is -0.328 e. The first-order valence-electron chi connectivity index (χ1n) is 6.65. The number of halogens is 1. The standard InChI is InChI=1S/C16H14ClN3O/c17-14-7-6-13(16(21)19-10-11-8-18-9-11)15(20-14)12-4-2-1-3-5-12/h1-7,10,18H,8-9H2,(H,19,21). The topological polar surface area (TPSA) is 54.0 Å². The molecule has 4 nitrogen and oxygen atoms in total. The molecule has 0 radical (unpaired) electrons. The second-order valence-electron chi connectivity index (χ2n) is 4.78. The van der Waals surface area contributed by atoms with Gasteiger partial charge in [-0.25, -0.2) is 4.98 Å². The third-order valence-electron chi connectivity index (χ3n) is 3.26. The lowest BCUT2D eigenvalue weighted by Crippen LogP contribution is -2.35. The summed E-state index contributed by atoms with van der Waals surface area (Å²) in [5, 5.41) is 6.29. The van der Waals surface area contributed by atoms with Gasteiger partial charge in [-0.3, -0.25) is 4.79 Å². The predicted octanol–water partition coefficient (Wildman–Crippen LogP) is 2.62. The van der Waals surface area contributed by atoms with E-state index in [2.05, 4.69) is 15.6 Å². The summed E-state index contributed by atoms with van der Waals surface area (Å²) in [6.07, 6.45) is 1.75. The van der Waals surface area contributed by atoms with E-state index in [1.165, 1.54) is 5.57 Å². The third kappa shape index (κ3) is 3.12. The molecule has 2 heterocycles. The molecule has 0 bridgehead atoms. The van der Waals surface area contributed by atoms with Gasteiger partial charge in [0.2, 0.25) is 0 Å². The summed E-state index contributed by atoms with van der Waals surface area (Å²) in [4.78, 5) is 16.6. The first kappa shape index (κ1) is 13.8. The smallest absolute Gasteiger partial charge is 0.257 e. The van der Waals surface area contributed by atoms with Crippen LogP contribution in [0.2, 0.25) is 5.15 Å². The van der Waals surface area contributed by atoms with Gasteiger partial charge in [0.1, 0.15) is 5.15 Å². The molecule has 1 aromatic heterocycles. The molecule has 1 aliphatic rings. The van der Waals surface area contributed by atoms with E-state index >= 15 is 0 Å². The van der Waals surface area contributed by atoms with Crippen LogP contribution in [0, 0.1) is 0 Å². The molecule has 2 aromatic rings. The van der Waals surface area contributed by atoms with E-state index in [0.717, 1.165) is 18.7 Å². The van der Waals surface area contributed by atoms with Crippen molar-refractivity contribution < 1.29 is 4.79 Å². The van der Waals surface area contributed by atoms with Gasteiger partial charge in [-0.15, -0.1) is 0 Å². The Bertz CT molecular complexity index is 692. The van der Waals surface area contributed by atoms with E-state index < -0.39 is 0 Å². The molecule has 0 spiro atoms. The third-order valence-corrected chi connectivity index (χ3v) is 3.48. The molecular formula is C16H14ClN3O. The number of pyridine rings is 1. The van der Waals surface area contributed by atoms with E-state index in [1.54, 1.807) is 18.3 Å². The van der Waals surface area contributed by atoms with Crippen molar-refractivity contribution in [1.29, 1.82) is 0 Å². The van der Waals surface area contributed by atoms with Crippen molar-refractivity contribution in [2.75, 3.05) is 13.1 Å². The molecule has 1 amide bonds. The fraction of sp³-hybridized carbons (Fsp3) is 0.125. The Hall–Kier alpha value is -2.17. The minimum atomic E-state index is -0.183. The Labute approximate surface area is 127 Å². The van der Waals surface area contributed by atoms with Crippen LogP contribution in [0.1, 0.15) is 10.4 Å². The van der Waals surface area contributed by atoms with Gasteiger partial charge in [-0.1, -0.05) is 41.9 Å². The summed E-state index contributed by atoms with van der Waals surface area (Å²) in [5.41, 5.74) is 3.13. The van der Waals surface area contributed by atoms with E-state index in [-0.39, 0.29) is 5.91 Å². The molecule has 1 fully saturated rings. The van der Waals surface area contributed by atoms with Crippen molar-refractivity contribution in [3.63, 3.8) is 0 Å². The summed E-state index contributed by atoms with van der Waals surface area (Å²) >= 11 is 5.97. The largest absolute Gasteiger partial charge is 0.328 e. The average Bonchev–Trinajstić information content (AvgIpc) is 2.46. The maximum Gasteiger partial charge on any atom is 0.257 e. The van der Waals surface area contributed by atoms with Crippen molar-refractivity contribution >= 4 is 17.5 Å². The Morgan fingerprint density at radius 3 is 2.62 bits per heavy atom. The summed E-state index contributed by atoms with van der Waals surface area (Å²) < 4.78 is 0. The summed E-state index contributed by atoms with van der Waals surface area (Å²) in [6.45, 7) is 1.65. The molecule has 0 atom stereocenters. The number of aromatic nitrogens is 1. The van der Waals surface area contributed by atoms with Gasteiger partial charge in [-0.05, 0) is 17.7 Å². The molecule has 1 aliphatic heterocycles. The summed E-state index contributed by atoms with van der Waals surface area (Å²) in [7, 11) is 0. The Morgan fingerprint density at radius 1 is 1.19 bits per heavy atom. The minimum absolute atomic E-state index is 0.183. The molecular weight excluding hydrogens is 286 g/mol. The highest BCUT2D eigenvalue weighted by Gasteiger charge is 2.15. The van der Waals surface area contributed by atoms with E-state index in [9.17, 15) is 4.79 Å². The van der Waals surface area contributed by atoms with Crippen LogP contribution in [-0.4, -0.2) is 24.0 Å². The molecule has 0 aliphatic carbocycles. The molecule has 0 saturated carbocycles. The molecule has 3 rings (SSSR count). The highest BCUT2D eigenvalue weighted by molar-refractivity contribution is 6.29. The maximum absolute atomic E-state index is 12.3. The molecule has 106 valence electrons. The summed E-state index contributed by atoms with van der Waals surface area (Å²) in [6, 6.07) is 12.9. The van der Waals surface area contributed by atoms with Crippen molar-refractivity contribution in [1.82, 2.24) is 15.6 Å².